The zero-order chi connectivity index (χ0) is 14.4. The van der Waals surface area contributed by atoms with Gasteiger partial charge in [0.05, 0.1) is 19.4 Å². The molecule has 0 amide bonds. The van der Waals surface area contributed by atoms with Gasteiger partial charge in [-0.2, -0.15) is 5.10 Å². The van der Waals surface area contributed by atoms with E-state index in [1.54, 1.807) is 0 Å². The molecule has 2 heterocycles. The Morgan fingerprint density at radius 2 is 2.05 bits per heavy atom. The Bertz CT molecular complexity index is 575. The van der Waals surface area contributed by atoms with Crippen LogP contribution >= 0.6 is 12.2 Å². The lowest BCUT2D eigenvalue weighted by Crippen LogP contribution is -2.52. The summed E-state index contributed by atoms with van der Waals surface area (Å²) in [6, 6.07) is 1.17. The van der Waals surface area contributed by atoms with Crippen LogP contribution < -0.4 is 0 Å². The monoisotopic (exact) mass is 308 g/mol. The number of aryl methyl sites for hydroxylation is 1. The van der Waals surface area contributed by atoms with Gasteiger partial charge in [0.15, 0.2) is 4.77 Å². The maximum atomic E-state index is 5.95. The van der Waals surface area contributed by atoms with Crippen molar-refractivity contribution < 1.29 is 4.74 Å². The Balaban J connectivity index is 1.55. The topological polar surface area (TPSA) is 35.2 Å². The fourth-order valence-electron chi connectivity index (χ4n) is 3.90. The molecule has 0 spiro atoms. The van der Waals surface area contributed by atoms with Gasteiger partial charge in [0.2, 0.25) is 0 Å². The van der Waals surface area contributed by atoms with Crippen LogP contribution in [0.15, 0.2) is 0 Å². The predicted octanol–water partition coefficient (Wildman–Crippen LogP) is 2.66. The molecule has 1 aromatic heterocycles. The average Bonchev–Trinajstić information content (AvgIpc) is 3.27. The molecule has 1 saturated heterocycles. The second kappa shape index (κ2) is 5.48. The molecule has 2 saturated carbocycles. The first-order chi connectivity index (χ1) is 10.2. The first kappa shape index (κ1) is 13.9. The molecule has 0 N–H and O–H groups in total. The van der Waals surface area contributed by atoms with E-state index in [1.807, 2.05) is 4.68 Å². The molecule has 5 nitrogen and oxygen atoms in total. The zero-order valence-electron chi connectivity index (χ0n) is 12.7. The summed E-state index contributed by atoms with van der Waals surface area (Å²) in [4.78, 5) is 2.53. The average molecular weight is 308 g/mol. The Morgan fingerprint density at radius 3 is 2.86 bits per heavy atom. The number of fused-ring (bicyclic) bond motifs is 1. The van der Waals surface area contributed by atoms with E-state index in [-0.39, 0.29) is 0 Å². The van der Waals surface area contributed by atoms with Crippen molar-refractivity contribution in [1.82, 2.24) is 19.2 Å². The van der Waals surface area contributed by atoms with E-state index in [1.165, 1.54) is 38.5 Å². The van der Waals surface area contributed by atoms with Crippen molar-refractivity contribution in [2.75, 3.05) is 13.2 Å². The van der Waals surface area contributed by atoms with E-state index in [9.17, 15) is 0 Å². The van der Waals surface area contributed by atoms with Crippen molar-refractivity contribution in [2.45, 2.75) is 70.3 Å². The summed E-state index contributed by atoms with van der Waals surface area (Å²) in [6.45, 7) is 4.74. The van der Waals surface area contributed by atoms with E-state index >= 15 is 0 Å². The highest BCUT2D eigenvalue weighted by atomic mass is 32.1. The van der Waals surface area contributed by atoms with Crippen molar-refractivity contribution in [3.05, 3.63) is 10.6 Å². The quantitative estimate of drug-likeness (QED) is 0.804. The lowest BCUT2D eigenvalue weighted by atomic mass is 9.90. The Labute approximate surface area is 130 Å². The molecule has 0 unspecified atom stereocenters. The third-order valence-electron chi connectivity index (χ3n) is 5.12. The highest BCUT2D eigenvalue weighted by Crippen LogP contribution is 2.36. The van der Waals surface area contributed by atoms with Crippen LogP contribution in [0.4, 0.5) is 0 Å². The van der Waals surface area contributed by atoms with E-state index in [0.29, 0.717) is 18.2 Å². The van der Waals surface area contributed by atoms with E-state index in [2.05, 4.69) is 16.4 Å². The molecule has 3 fully saturated rings. The summed E-state index contributed by atoms with van der Waals surface area (Å²) >= 11 is 5.65. The molecule has 0 aromatic carbocycles. The fourth-order valence-corrected chi connectivity index (χ4v) is 4.28. The first-order valence-corrected chi connectivity index (χ1v) is 8.66. The van der Waals surface area contributed by atoms with Gasteiger partial charge in [-0.25, -0.2) is 4.68 Å². The van der Waals surface area contributed by atoms with Crippen LogP contribution in [0.25, 0.3) is 0 Å². The van der Waals surface area contributed by atoms with Crippen molar-refractivity contribution in [1.29, 1.82) is 0 Å². The van der Waals surface area contributed by atoms with Crippen molar-refractivity contribution in [3.63, 3.8) is 0 Å². The van der Waals surface area contributed by atoms with E-state index < -0.39 is 0 Å². The summed E-state index contributed by atoms with van der Waals surface area (Å²) in [6.07, 6.45) is 8.02. The minimum absolute atomic E-state index is 0.424. The highest BCUT2D eigenvalue weighted by Gasteiger charge is 2.35. The van der Waals surface area contributed by atoms with Crippen LogP contribution in [0.5, 0.6) is 0 Å². The summed E-state index contributed by atoms with van der Waals surface area (Å²) in [5.74, 6) is 1.07. The minimum atomic E-state index is 0.424. The molecule has 2 aliphatic carbocycles. The molecule has 0 bridgehead atoms. The van der Waals surface area contributed by atoms with Gasteiger partial charge in [-0.1, -0.05) is 12.8 Å². The third kappa shape index (κ3) is 2.58. The van der Waals surface area contributed by atoms with Crippen LogP contribution in [0.1, 0.15) is 50.4 Å². The van der Waals surface area contributed by atoms with Gasteiger partial charge < -0.3 is 9.30 Å². The number of morpholine rings is 1. The third-order valence-corrected chi connectivity index (χ3v) is 5.52. The molecule has 4 rings (SSSR count). The molecule has 1 aliphatic heterocycles. The Morgan fingerprint density at radius 1 is 1.24 bits per heavy atom. The zero-order valence-corrected chi connectivity index (χ0v) is 13.5. The second-order valence-electron chi connectivity index (χ2n) is 6.65. The minimum Gasteiger partial charge on any atom is -0.375 e. The van der Waals surface area contributed by atoms with Crippen molar-refractivity contribution in [2.24, 2.45) is 0 Å². The van der Waals surface area contributed by atoms with Gasteiger partial charge in [0, 0.05) is 18.6 Å². The van der Waals surface area contributed by atoms with E-state index in [0.717, 1.165) is 30.4 Å². The molecule has 116 valence electrons. The van der Waals surface area contributed by atoms with Crippen LogP contribution in [0.2, 0.25) is 0 Å². The first-order valence-electron chi connectivity index (χ1n) is 8.25. The second-order valence-corrected chi connectivity index (χ2v) is 7.01. The van der Waals surface area contributed by atoms with Crippen molar-refractivity contribution >= 4 is 12.2 Å². The van der Waals surface area contributed by atoms with Crippen LogP contribution in [-0.4, -0.2) is 44.5 Å². The lowest BCUT2D eigenvalue weighted by Gasteiger charge is -2.43. The molecule has 2 atom stereocenters. The number of aromatic nitrogens is 3. The largest absolute Gasteiger partial charge is 0.375 e. The van der Waals surface area contributed by atoms with Crippen LogP contribution in [-0.2, 0) is 11.4 Å². The van der Waals surface area contributed by atoms with Crippen molar-refractivity contribution in [3.8, 4) is 0 Å². The smallest absolute Gasteiger partial charge is 0.199 e. The Hall–Kier alpha value is -0.720. The number of hydrogen-bond acceptors (Lipinski definition) is 4. The summed E-state index contributed by atoms with van der Waals surface area (Å²) in [5, 5.41) is 4.70. The van der Waals surface area contributed by atoms with Gasteiger partial charge in [0.1, 0.15) is 5.82 Å². The van der Waals surface area contributed by atoms with Crippen LogP contribution in [0.3, 0.4) is 0 Å². The normalized spacial score (nSPS) is 30.3. The number of hydrogen-bond donors (Lipinski definition) is 0. The van der Waals surface area contributed by atoms with Crippen LogP contribution in [0, 0.1) is 11.7 Å². The summed E-state index contributed by atoms with van der Waals surface area (Å²) in [5.41, 5.74) is 0. The highest BCUT2D eigenvalue weighted by molar-refractivity contribution is 7.71. The van der Waals surface area contributed by atoms with Gasteiger partial charge >= 0.3 is 0 Å². The fraction of sp³-hybridized carbons (Fsp3) is 0.867. The summed E-state index contributed by atoms with van der Waals surface area (Å²) < 4.78 is 11.1. The lowest BCUT2D eigenvalue weighted by molar-refractivity contribution is -0.0994. The summed E-state index contributed by atoms with van der Waals surface area (Å²) in [7, 11) is 0. The standard InChI is InChI=1S/C15H24N4OS/c1-11-16-18(15(21)19(11)12-6-7-12)10-17-8-9-20-14-5-3-2-4-13(14)17/h12-14H,2-10H2,1H3/t13-,14+/m1/s1. The van der Waals surface area contributed by atoms with Gasteiger partial charge in [0.25, 0.3) is 0 Å². The molecular formula is C15H24N4OS. The maximum absolute atomic E-state index is 5.95. The molecule has 1 aromatic rings. The molecular weight excluding hydrogens is 284 g/mol. The van der Waals surface area contributed by atoms with Gasteiger partial charge in [-0.05, 0) is 44.8 Å². The van der Waals surface area contributed by atoms with E-state index in [4.69, 9.17) is 22.1 Å². The van der Waals surface area contributed by atoms with Gasteiger partial charge in [-0.3, -0.25) is 4.90 Å². The molecule has 0 radical (unpaired) electrons. The number of ether oxygens (including phenoxy) is 1. The molecule has 21 heavy (non-hydrogen) atoms. The van der Waals surface area contributed by atoms with Gasteiger partial charge in [-0.15, -0.1) is 0 Å². The molecule has 3 aliphatic rings. The SMILES string of the molecule is Cc1nn(CN2CCO[C@H]3CCCC[C@H]32)c(=S)n1C1CC1. The number of nitrogens with zero attached hydrogens (tertiary/aromatic N) is 4. The number of rotatable bonds is 3. The maximum Gasteiger partial charge on any atom is 0.199 e. The predicted molar refractivity (Wildman–Crippen MR) is 82.8 cm³/mol. The Kier molecular flexibility index (Phi) is 3.63. The molecule has 6 heteroatoms.